The average molecular weight is 295 g/mol. The van der Waals surface area contributed by atoms with Gasteiger partial charge in [-0.2, -0.15) is 0 Å². The fourth-order valence-electron chi connectivity index (χ4n) is 1.44. The number of carbonyl (C=O) groups is 1. The second kappa shape index (κ2) is 5.95. The van der Waals surface area contributed by atoms with E-state index in [0.29, 0.717) is 21.3 Å². The lowest BCUT2D eigenvalue weighted by atomic mass is 10.2. The largest absolute Gasteiger partial charge is 0.465 e. The first-order chi connectivity index (χ1) is 9.10. The van der Waals surface area contributed by atoms with E-state index in [-0.39, 0.29) is 5.97 Å². The van der Waals surface area contributed by atoms with Gasteiger partial charge in [0.15, 0.2) is 0 Å². The molecule has 0 saturated heterocycles. The summed E-state index contributed by atoms with van der Waals surface area (Å²) < 4.78 is 4.67. The number of ether oxygens (including phenoxy) is 1. The molecule has 4 nitrogen and oxygen atoms in total. The smallest absolute Gasteiger partial charge is 0.337 e. The van der Waals surface area contributed by atoms with Gasteiger partial charge in [0.2, 0.25) is 0 Å². The van der Waals surface area contributed by atoms with Crippen LogP contribution < -0.4 is 5.73 Å². The Kier molecular flexibility index (Phi) is 4.29. The summed E-state index contributed by atoms with van der Waals surface area (Å²) in [7, 11) is 1.35. The Morgan fingerprint density at radius 3 is 2.89 bits per heavy atom. The van der Waals surface area contributed by atoms with E-state index in [4.69, 9.17) is 17.3 Å². The summed E-state index contributed by atoms with van der Waals surface area (Å²) in [6.45, 7) is 0. The maximum atomic E-state index is 11.4. The topological polar surface area (TPSA) is 65.2 Å². The van der Waals surface area contributed by atoms with Crippen LogP contribution in [-0.4, -0.2) is 18.1 Å². The van der Waals surface area contributed by atoms with Crippen molar-refractivity contribution in [3.63, 3.8) is 0 Å². The predicted molar refractivity (Wildman–Crippen MR) is 75.6 cm³/mol. The Morgan fingerprint density at radius 1 is 1.42 bits per heavy atom. The number of benzene rings is 1. The molecule has 0 spiro atoms. The Balaban J connectivity index is 2.26. The molecular weight excluding hydrogens is 284 g/mol. The molecule has 2 aromatic rings. The van der Waals surface area contributed by atoms with Crippen molar-refractivity contribution >= 4 is 35.0 Å². The van der Waals surface area contributed by atoms with E-state index in [1.54, 1.807) is 24.3 Å². The first-order valence-corrected chi connectivity index (χ1v) is 6.57. The molecule has 0 amide bonds. The normalized spacial score (nSPS) is 10.2. The van der Waals surface area contributed by atoms with Crippen LogP contribution in [0.3, 0.4) is 0 Å². The van der Waals surface area contributed by atoms with Crippen LogP contribution in [0.25, 0.3) is 0 Å². The number of carbonyl (C=O) groups excluding carboxylic acids is 1. The molecule has 0 unspecified atom stereocenters. The third-order valence-corrected chi connectivity index (χ3v) is 3.55. The molecule has 0 atom stereocenters. The van der Waals surface area contributed by atoms with Crippen molar-refractivity contribution in [3.8, 4) is 0 Å². The van der Waals surface area contributed by atoms with E-state index in [2.05, 4.69) is 9.72 Å². The Bertz CT molecular complexity index is 619. The second-order valence-electron chi connectivity index (χ2n) is 3.67. The van der Waals surface area contributed by atoms with E-state index >= 15 is 0 Å². The van der Waals surface area contributed by atoms with Gasteiger partial charge >= 0.3 is 5.97 Å². The predicted octanol–water partition coefficient (Wildman–Crippen LogP) is 3.26. The van der Waals surface area contributed by atoms with Crippen LogP contribution in [-0.2, 0) is 4.74 Å². The summed E-state index contributed by atoms with van der Waals surface area (Å²) >= 11 is 7.16. The minimum absolute atomic E-state index is 0.375. The maximum absolute atomic E-state index is 11.4. The quantitative estimate of drug-likeness (QED) is 0.880. The van der Waals surface area contributed by atoms with Gasteiger partial charge in [-0.15, -0.1) is 0 Å². The Morgan fingerprint density at radius 2 is 2.21 bits per heavy atom. The van der Waals surface area contributed by atoms with Crippen LogP contribution in [0.2, 0.25) is 5.02 Å². The van der Waals surface area contributed by atoms with Crippen LogP contribution in [0.4, 0.5) is 5.69 Å². The lowest BCUT2D eigenvalue weighted by Crippen LogP contribution is -2.00. The van der Waals surface area contributed by atoms with Gasteiger partial charge < -0.3 is 10.5 Å². The summed E-state index contributed by atoms with van der Waals surface area (Å²) in [4.78, 5) is 16.4. The second-order valence-corrected chi connectivity index (χ2v) is 5.17. The van der Waals surface area contributed by atoms with E-state index in [0.717, 1.165) is 4.90 Å². The van der Waals surface area contributed by atoms with E-state index in [1.165, 1.54) is 25.1 Å². The molecule has 1 heterocycles. The third kappa shape index (κ3) is 3.39. The van der Waals surface area contributed by atoms with Gasteiger partial charge in [0.25, 0.3) is 0 Å². The van der Waals surface area contributed by atoms with Gasteiger partial charge in [-0.05, 0) is 24.3 Å². The first kappa shape index (κ1) is 13.7. The molecule has 0 bridgehead atoms. The van der Waals surface area contributed by atoms with Crippen molar-refractivity contribution in [2.45, 2.75) is 9.92 Å². The molecule has 6 heteroatoms. The summed E-state index contributed by atoms with van der Waals surface area (Å²) in [6.07, 6.45) is 1.53. The molecule has 0 aliphatic carbocycles. The van der Waals surface area contributed by atoms with Crippen LogP contribution in [0.5, 0.6) is 0 Å². The zero-order valence-electron chi connectivity index (χ0n) is 10.1. The number of rotatable bonds is 3. The summed E-state index contributed by atoms with van der Waals surface area (Å²) in [5, 5.41) is 1.14. The molecule has 2 rings (SSSR count). The van der Waals surface area contributed by atoms with Crippen molar-refractivity contribution < 1.29 is 9.53 Å². The lowest BCUT2D eigenvalue weighted by Gasteiger charge is -2.06. The van der Waals surface area contributed by atoms with Gasteiger partial charge in [0.1, 0.15) is 5.03 Å². The highest BCUT2D eigenvalue weighted by Gasteiger charge is 2.08. The van der Waals surface area contributed by atoms with Crippen molar-refractivity contribution in [3.05, 3.63) is 47.1 Å². The molecular formula is C13H11ClN2O2S. The number of halogens is 1. The van der Waals surface area contributed by atoms with Gasteiger partial charge in [-0.25, -0.2) is 9.78 Å². The number of hydrogen-bond donors (Lipinski definition) is 1. The fraction of sp³-hybridized carbons (Fsp3) is 0.0769. The number of esters is 1. The SMILES string of the molecule is COC(=O)c1cccc(Sc2ncc(Cl)cc2N)c1. The van der Waals surface area contributed by atoms with Crippen LogP contribution >= 0.6 is 23.4 Å². The van der Waals surface area contributed by atoms with Crippen molar-refractivity contribution in [2.75, 3.05) is 12.8 Å². The van der Waals surface area contributed by atoms with Gasteiger partial charge in [0.05, 0.1) is 23.4 Å². The van der Waals surface area contributed by atoms with Gasteiger partial charge in [-0.3, -0.25) is 0 Å². The number of nitrogens with zero attached hydrogens (tertiary/aromatic N) is 1. The summed E-state index contributed by atoms with van der Waals surface area (Å²) in [5.41, 5.74) is 6.82. The number of nitrogen functional groups attached to an aromatic ring is 1. The minimum atomic E-state index is -0.375. The highest BCUT2D eigenvalue weighted by molar-refractivity contribution is 7.99. The van der Waals surface area contributed by atoms with Crippen molar-refractivity contribution in [1.29, 1.82) is 0 Å². The van der Waals surface area contributed by atoms with Crippen LogP contribution in [0.15, 0.2) is 46.5 Å². The molecule has 98 valence electrons. The Hall–Kier alpha value is -1.72. The fourth-order valence-corrected chi connectivity index (χ4v) is 2.45. The maximum Gasteiger partial charge on any atom is 0.337 e. The van der Waals surface area contributed by atoms with E-state index < -0.39 is 0 Å². The van der Waals surface area contributed by atoms with Crippen molar-refractivity contribution in [2.24, 2.45) is 0 Å². The number of hydrogen-bond acceptors (Lipinski definition) is 5. The number of anilines is 1. The van der Waals surface area contributed by atoms with Crippen LogP contribution in [0, 0.1) is 0 Å². The number of pyridine rings is 1. The number of aromatic nitrogens is 1. The number of methoxy groups -OCH3 is 1. The summed E-state index contributed by atoms with van der Waals surface area (Å²) in [6, 6.07) is 8.70. The standard InChI is InChI=1S/C13H11ClN2O2S/c1-18-13(17)8-3-2-4-10(5-8)19-12-11(15)6-9(14)7-16-12/h2-7H,15H2,1H3. The molecule has 0 aliphatic heterocycles. The average Bonchev–Trinajstić information content (AvgIpc) is 2.41. The highest BCUT2D eigenvalue weighted by atomic mass is 35.5. The molecule has 19 heavy (non-hydrogen) atoms. The molecule has 0 radical (unpaired) electrons. The zero-order valence-corrected chi connectivity index (χ0v) is 11.7. The monoisotopic (exact) mass is 294 g/mol. The Labute approximate surface area is 119 Å². The van der Waals surface area contributed by atoms with E-state index in [9.17, 15) is 4.79 Å². The molecule has 0 fully saturated rings. The number of nitrogens with two attached hydrogens (primary N) is 1. The zero-order chi connectivity index (χ0) is 13.8. The van der Waals surface area contributed by atoms with Gasteiger partial charge in [0, 0.05) is 11.1 Å². The summed E-state index contributed by atoms with van der Waals surface area (Å²) in [5.74, 6) is -0.375. The lowest BCUT2D eigenvalue weighted by molar-refractivity contribution is 0.0600. The minimum Gasteiger partial charge on any atom is -0.465 e. The first-order valence-electron chi connectivity index (χ1n) is 5.37. The third-order valence-electron chi connectivity index (χ3n) is 2.32. The molecule has 1 aromatic heterocycles. The van der Waals surface area contributed by atoms with Crippen LogP contribution in [0.1, 0.15) is 10.4 Å². The van der Waals surface area contributed by atoms with Crippen molar-refractivity contribution in [1.82, 2.24) is 4.98 Å². The molecule has 0 saturated carbocycles. The van der Waals surface area contributed by atoms with E-state index in [1.807, 2.05) is 6.07 Å². The molecule has 1 aromatic carbocycles. The molecule has 2 N–H and O–H groups in total. The highest BCUT2D eigenvalue weighted by Crippen LogP contribution is 2.31. The van der Waals surface area contributed by atoms with Gasteiger partial charge in [-0.1, -0.05) is 29.4 Å². The molecule has 0 aliphatic rings.